The van der Waals surface area contributed by atoms with Crippen LogP contribution in [0, 0.1) is 0 Å². The summed E-state index contributed by atoms with van der Waals surface area (Å²) in [7, 11) is 0. The Hall–Kier alpha value is -1.69. The van der Waals surface area contributed by atoms with Crippen molar-refractivity contribution < 1.29 is 14.4 Å². The highest BCUT2D eigenvalue weighted by atomic mass is 32.1. The minimum Gasteiger partial charge on any atom is -0.370 e. The Labute approximate surface area is 141 Å². The van der Waals surface area contributed by atoms with Crippen molar-refractivity contribution in [3.63, 3.8) is 0 Å². The van der Waals surface area contributed by atoms with Gasteiger partial charge in [-0.2, -0.15) is 0 Å². The van der Waals surface area contributed by atoms with Gasteiger partial charge in [-0.3, -0.25) is 4.79 Å². The molecule has 1 atom stereocenters. The van der Waals surface area contributed by atoms with E-state index < -0.39 is 0 Å². The molecule has 3 rings (SSSR count). The number of amides is 1. The fourth-order valence-corrected chi connectivity index (χ4v) is 3.86. The van der Waals surface area contributed by atoms with Crippen LogP contribution in [-0.4, -0.2) is 38.8 Å². The third kappa shape index (κ3) is 4.64. The van der Waals surface area contributed by atoms with Crippen molar-refractivity contribution in [2.45, 2.75) is 12.5 Å². The van der Waals surface area contributed by atoms with E-state index in [1.165, 1.54) is 9.78 Å². The van der Waals surface area contributed by atoms with Gasteiger partial charge in [0.2, 0.25) is 5.91 Å². The Bertz CT molecular complexity index is 595. The van der Waals surface area contributed by atoms with Crippen molar-refractivity contribution in [3.05, 3.63) is 58.3 Å². The summed E-state index contributed by atoms with van der Waals surface area (Å²) >= 11 is 1.77. The van der Waals surface area contributed by atoms with E-state index in [4.69, 9.17) is 4.74 Å². The molecule has 0 unspecified atom stereocenters. The highest BCUT2D eigenvalue weighted by Gasteiger charge is 2.27. The number of hydrogen-bond donors (Lipinski definition) is 2. The normalized spacial score (nSPS) is 16.9. The van der Waals surface area contributed by atoms with Crippen LogP contribution in [0.2, 0.25) is 0 Å². The average molecular weight is 331 g/mol. The highest BCUT2D eigenvalue weighted by molar-refractivity contribution is 7.10. The van der Waals surface area contributed by atoms with Gasteiger partial charge in [0.25, 0.3) is 0 Å². The zero-order chi connectivity index (χ0) is 15.9. The van der Waals surface area contributed by atoms with Crippen molar-refractivity contribution in [2.24, 2.45) is 0 Å². The van der Waals surface area contributed by atoms with E-state index in [-0.39, 0.29) is 5.91 Å². The summed E-state index contributed by atoms with van der Waals surface area (Å²) < 4.78 is 5.47. The van der Waals surface area contributed by atoms with Crippen molar-refractivity contribution >= 4 is 17.2 Å². The lowest BCUT2D eigenvalue weighted by Crippen LogP contribution is -3.15. The van der Waals surface area contributed by atoms with Crippen LogP contribution in [-0.2, 0) is 16.0 Å². The molecular weight excluding hydrogens is 308 g/mol. The van der Waals surface area contributed by atoms with Gasteiger partial charge in [-0.1, -0.05) is 36.4 Å². The molecule has 122 valence electrons. The minimum atomic E-state index is 0.0883. The van der Waals surface area contributed by atoms with Gasteiger partial charge in [0, 0.05) is 0 Å². The Morgan fingerprint density at radius 1 is 1.17 bits per heavy atom. The van der Waals surface area contributed by atoms with Crippen molar-refractivity contribution in [1.82, 2.24) is 5.32 Å². The SMILES string of the molecule is O=C(Cc1ccccc1)NC[C@H](c1cccs1)[NH+]1CCOCC1. The number of ether oxygens (including phenoxy) is 1. The number of carbonyl (C=O) groups is 1. The van der Waals surface area contributed by atoms with Gasteiger partial charge < -0.3 is 15.0 Å². The molecule has 2 aromatic rings. The third-order valence-corrected chi connectivity index (χ3v) is 5.21. The molecule has 1 amide bonds. The number of nitrogens with one attached hydrogen (secondary N) is 2. The summed E-state index contributed by atoms with van der Waals surface area (Å²) in [6.45, 7) is 4.28. The molecule has 1 saturated heterocycles. The second-order valence-electron chi connectivity index (χ2n) is 5.81. The van der Waals surface area contributed by atoms with E-state index in [2.05, 4.69) is 22.8 Å². The molecule has 1 fully saturated rings. The third-order valence-electron chi connectivity index (χ3n) is 4.23. The second kappa shape index (κ2) is 8.24. The minimum absolute atomic E-state index is 0.0883. The standard InChI is InChI=1S/C18H22N2O2S/c21-18(13-15-5-2-1-3-6-15)19-14-16(17-7-4-12-23-17)20-8-10-22-11-9-20/h1-7,12,16H,8-11,13-14H2,(H,19,21)/p+1/t16-/m1/s1. The van der Waals surface area contributed by atoms with E-state index in [1.54, 1.807) is 11.3 Å². The van der Waals surface area contributed by atoms with Crippen molar-refractivity contribution in [1.29, 1.82) is 0 Å². The van der Waals surface area contributed by atoms with E-state index in [1.807, 2.05) is 30.3 Å². The van der Waals surface area contributed by atoms with Gasteiger partial charge in [0.1, 0.15) is 19.1 Å². The lowest BCUT2D eigenvalue weighted by molar-refractivity contribution is -0.937. The predicted molar refractivity (Wildman–Crippen MR) is 91.7 cm³/mol. The van der Waals surface area contributed by atoms with E-state index in [0.29, 0.717) is 19.0 Å². The Kier molecular flexibility index (Phi) is 5.80. The van der Waals surface area contributed by atoms with Crippen LogP contribution in [0.1, 0.15) is 16.5 Å². The van der Waals surface area contributed by atoms with E-state index in [0.717, 1.165) is 31.9 Å². The Morgan fingerprint density at radius 2 is 1.96 bits per heavy atom. The number of rotatable bonds is 6. The van der Waals surface area contributed by atoms with E-state index >= 15 is 0 Å². The molecule has 5 heteroatoms. The Morgan fingerprint density at radius 3 is 2.65 bits per heavy atom. The number of morpholine rings is 1. The van der Waals surface area contributed by atoms with Gasteiger partial charge >= 0.3 is 0 Å². The smallest absolute Gasteiger partial charge is 0.224 e. The average Bonchev–Trinajstić information content (AvgIpc) is 3.11. The summed E-state index contributed by atoms with van der Waals surface area (Å²) in [4.78, 5) is 15.1. The predicted octanol–water partition coefficient (Wildman–Crippen LogP) is 1.06. The zero-order valence-corrected chi connectivity index (χ0v) is 14.0. The van der Waals surface area contributed by atoms with Gasteiger partial charge in [0.15, 0.2) is 0 Å². The first-order chi connectivity index (χ1) is 11.3. The van der Waals surface area contributed by atoms with Crippen LogP contribution in [0.25, 0.3) is 0 Å². The summed E-state index contributed by atoms with van der Waals surface area (Å²) in [5.74, 6) is 0.0883. The maximum absolute atomic E-state index is 12.2. The quantitative estimate of drug-likeness (QED) is 0.831. The monoisotopic (exact) mass is 331 g/mol. The molecule has 23 heavy (non-hydrogen) atoms. The number of thiophene rings is 1. The molecule has 0 bridgehead atoms. The molecule has 4 nitrogen and oxygen atoms in total. The molecule has 1 aliphatic heterocycles. The largest absolute Gasteiger partial charge is 0.370 e. The first-order valence-electron chi connectivity index (χ1n) is 8.09. The van der Waals surface area contributed by atoms with Crippen LogP contribution in [0.3, 0.4) is 0 Å². The first-order valence-corrected chi connectivity index (χ1v) is 8.97. The van der Waals surface area contributed by atoms with Crippen molar-refractivity contribution in [2.75, 3.05) is 32.8 Å². The summed E-state index contributed by atoms with van der Waals surface area (Å²) in [6, 6.07) is 14.4. The lowest BCUT2D eigenvalue weighted by atomic mass is 10.1. The summed E-state index contributed by atoms with van der Waals surface area (Å²) in [5.41, 5.74) is 1.05. The van der Waals surface area contributed by atoms with Crippen LogP contribution in [0.4, 0.5) is 0 Å². The van der Waals surface area contributed by atoms with Gasteiger partial charge in [-0.15, -0.1) is 11.3 Å². The molecule has 2 N–H and O–H groups in total. The van der Waals surface area contributed by atoms with Gasteiger partial charge in [-0.05, 0) is 17.0 Å². The van der Waals surface area contributed by atoms with Crippen LogP contribution in [0.5, 0.6) is 0 Å². The number of benzene rings is 1. The topological polar surface area (TPSA) is 42.8 Å². The molecule has 1 aromatic heterocycles. The molecule has 0 saturated carbocycles. The molecule has 0 spiro atoms. The Balaban J connectivity index is 1.59. The fraction of sp³-hybridized carbons (Fsp3) is 0.389. The number of quaternary nitrogens is 1. The van der Waals surface area contributed by atoms with Crippen LogP contribution < -0.4 is 10.2 Å². The highest BCUT2D eigenvalue weighted by Crippen LogP contribution is 2.16. The first kappa shape index (κ1) is 16.2. The van der Waals surface area contributed by atoms with E-state index in [9.17, 15) is 4.79 Å². The van der Waals surface area contributed by atoms with Crippen LogP contribution >= 0.6 is 11.3 Å². The molecule has 1 aliphatic rings. The molecule has 0 radical (unpaired) electrons. The van der Waals surface area contributed by atoms with Crippen molar-refractivity contribution in [3.8, 4) is 0 Å². The lowest BCUT2D eigenvalue weighted by Gasteiger charge is -2.31. The fourth-order valence-electron chi connectivity index (χ4n) is 2.98. The summed E-state index contributed by atoms with van der Waals surface area (Å²) in [5, 5.41) is 5.23. The van der Waals surface area contributed by atoms with Gasteiger partial charge in [0.05, 0.1) is 31.1 Å². The molecule has 1 aromatic carbocycles. The van der Waals surface area contributed by atoms with Gasteiger partial charge in [-0.25, -0.2) is 0 Å². The second-order valence-corrected chi connectivity index (χ2v) is 6.78. The maximum Gasteiger partial charge on any atom is 0.224 e. The number of carbonyl (C=O) groups excluding carboxylic acids is 1. The molecule has 2 heterocycles. The summed E-state index contributed by atoms with van der Waals surface area (Å²) in [6.07, 6.45) is 0.441. The van der Waals surface area contributed by atoms with Crippen LogP contribution in [0.15, 0.2) is 47.8 Å². The number of hydrogen-bond acceptors (Lipinski definition) is 3. The maximum atomic E-state index is 12.2. The molecular formula is C18H23N2O2S+. The molecule has 0 aliphatic carbocycles. The zero-order valence-electron chi connectivity index (χ0n) is 13.2.